The summed E-state index contributed by atoms with van der Waals surface area (Å²) in [5, 5.41) is 14.6. The van der Waals surface area contributed by atoms with Crippen molar-refractivity contribution < 1.29 is 4.79 Å². The highest BCUT2D eigenvalue weighted by atomic mass is 35.5. The Hall–Kier alpha value is -2.16. The van der Waals surface area contributed by atoms with Crippen LogP contribution in [0.1, 0.15) is 24.6 Å². The molecule has 0 radical (unpaired) electrons. The first kappa shape index (κ1) is 20.6. The van der Waals surface area contributed by atoms with E-state index < -0.39 is 0 Å². The number of thiophene rings is 1. The molecule has 0 saturated carbocycles. The lowest BCUT2D eigenvalue weighted by Gasteiger charge is -2.07. The molecule has 3 rings (SSSR count). The van der Waals surface area contributed by atoms with Crippen LogP contribution in [0.3, 0.4) is 0 Å². The Labute approximate surface area is 177 Å². The van der Waals surface area contributed by atoms with Gasteiger partial charge in [0.05, 0.1) is 10.8 Å². The Bertz CT molecular complexity index is 965. The van der Waals surface area contributed by atoms with Crippen molar-refractivity contribution in [1.29, 1.82) is 0 Å². The number of amides is 1. The molecule has 0 atom stereocenters. The second-order valence-electron chi connectivity index (χ2n) is 6.30. The molecule has 146 valence electrons. The van der Waals surface area contributed by atoms with E-state index in [0.29, 0.717) is 28.5 Å². The van der Waals surface area contributed by atoms with Crippen molar-refractivity contribution in [1.82, 2.24) is 19.7 Å². The largest absolute Gasteiger partial charge is 0.310 e. The van der Waals surface area contributed by atoms with Crippen LogP contribution in [0, 0.1) is 0 Å². The summed E-state index contributed by atoms with van der Waals surface area (Å²) < 4.78 is 1.97. The van der Waals surface area contributed by atoms with Crippen LogP contribution in [0.4, 0.5) is 5.82 Å². The number of hydrogen-bond donors (Lipinski definition) is 1. The van der Waals surface area contributed by atoms with Crippen molar-refractivity contribution in [3.05, 3.63) is 52.3 Å². The van der Waals surface area contributed by atoms with Crippen LogP contribution in [0.25, 0.3) is 11.4 Å². The molecule has 6 nitrogen and oxygen atoms in total. The second-order valence-corrected chi connectivity index (χ2v) is 8.62. The number of carbonyl (C=O) groups excluding carboxylic acids is 1. The van der Waals surface area contributed by atoms with E-state index in [1.807, 2.05) is 4.57 Å². The fourth-order valence-corrected chi connectivity index (χ4v) is 4.20. The van der Waals surface area contributed by atoms with Crippen LogP contribution < -0.4 is 5.32 Å². The highest BCUT2D eigenvalue weighted by molar-refractivity contribution is 7.99. The zero-order valence-electron chi connectivity index (χ0n) is 15.6. The molecule has 28 heavy (non-hydrogen) atoms. The number of pyridine rings is 1. The number of aromatic nitrogens is 4. The highest BCUT2D eigenvalue weighted by Gasteiger charge is 2.17. The van der Waals surface area contributed by atoms with E-state index in [9.17, 15) is 4.79 Å². The van der Waals surface area contributed by atoms with Gasteiger partial charge in [-0.25, -0.2) is 4.98 Å². The molecule has 3 heterocycles. The summed E-state index contributed by atoms with van der Waals surface area (Å²) in [4.78, 5) is 17.6. The normalized spacial score (nSPS) is 11.0. The molecule has 1 amide bonds. The summed E-state index contributed by atoms with van der Waals surface area (Å²) in [5.41, 5.74) is 1.03. The predicted octanol–water partition coefficient (Wildman–Crippen LogP) is 5.10. The summed E-state index contributed by atoms with van der Waals surface area (Å²) in [7, 11) is 0. The lowest BCUT2D eigenvalue weighted by molar-refractivity contribution is -0.113. The number of anilines is 1. The number of nitrogens with one attached hydrogen (secondary N) is 1. The monoisotopic (exact) mass is 433 g/mol. The quantitative estimate of drug-likeness (QED) is 0.395. The number of halogens is 1. The average Bonchev–Trinajstić information content (AvgIpc) is 3.29. The number of hydrogen-bond acceptors (Lipinski definition) is 6. The van der Waals surface area contributed by atoms with Gasteiger partial charge in [0.15, 0.2) is 11.0 Å². The summed E-state index contributed by atoms with van der Waals surface area (Å²) in [6.07, 6.45) is 3.29. The SMILES string of the molecule is C=CCn1c(SCC(=O)Nc2ccc(Cl)cn2)nnc1-c1csc(C(C)C)c1. The van der Waals surface area contributed by atoms with Gasteiger partial charge in [0.25, 0.3) is 0 Å². The van der Waals surface area contributed by atoms with Crippen LogP contribution in [-0.2, 0) is 11.3 Å². The summed E-state index contributed by atoms with van der Waals surface area (Å²) in [6, 6.07) is 5.48. The minimum atomic E-state index is -0.174. The van der Waals surface area contributed by atoms with Gasteiger partial charge >= 0.3 is 0 Å². The number of carbonyl (C=O) groups is 1. The van der Waals surface area contributed by atoms with Gasteiger partial charge in [-0.2, -0.15) is 0 Å². The van der Waals surface area contributed by atoms with Crippen molar-refractivity contribution in [2.24, 2.45) is 0 Å². The van der Waals surface area contributed by atoms with Gasteiger partial charge in [0, 0.05) is 28.6 Å². The van der Waals surface area contributed by atoms with Gasteiger partial charge in [-0.3, -0.25) is 9.36 Å². The van der Waals surface area contributed by atoms with Crippen LogP contribution in [0.2, 0.25) is 5.02 Å². The third-order valence-corrected chi connectivity index (χ3v) is 6.23. The topological polar surface area (TPSA) is 72.7 Å². The molecule has 0 aliphatic carbocycles. The van der Waals surface area contributed by atoms with E-state index in [-0.39, 0.29) is 11.7 Å². The molecule has 0 aromatic carbocycles. The van der Waals surface area contributed by atoms with Crippen molar-refractivity contribution in [2.45, 2.75) is 31.5 Å². The molecule has 0 fully saturated rings. The van der Waals surface area contributed by atoms with Gasteiger partial charge < -0.3 is 5.32 Å². The Morgan fingerprint density at radius 2 is 2.25 bits per heavy atom. The van der Waals surface area contributed by atoms with Gasteiger partial charge in [-0.05, 0) is 24.1 Å². The van der Waals surface area contributed by atoms with Crippen molar-refractivity contribution in [3.8, 4) is 11.4 Å². The molecule has 0 saturated heterocycles. The van der Waals surface area contributed by atoms with E-state index in [0.717, 1.165) is 11.4 Å². The van der Waals surface area contributed by atoms with Gasteiger partial charge in [-0.15, -0.1) is 28.1 Å². The van der Waals surface area contributed by atoms with Gasteiger partial charge in [-0.1, -0.05) is 43.3 Å². The lowest BCUT2D eigenvalue weighted by Crippen LogP contribution is -2.15. The zero-order valence-corrected chi connectivity index (χ0v) is 17.9. The standard InChI is InChI=1S/C19H20ClN5OS2/c1-4-7-25-18(13-8-15(12(2)3)27-10-13)23-24-19(25)28-11-17(26)22-16-6-5-14(20)9-21-16/h4-6,8-10,12H,1,7,11H2,2-3H3,(H,21,22,26). The third kappa shape index (κ3) is 5.01. The maximum Gasteiger partial charge on any atom is 0.236 e. The Morgan fingerprint density at radius 3 is 2.89 bits per heavy atom. The Balaban J connectivity index is 1.71. The highest BCUT2D eigenvalue weighted by Crippen LogP contribution is 2.31. The lowest BCUT2D eigenvalue weighted by atomic mass is 10.1. The molecular weight excluding hydrogens is 414 g/mol. The Kier molecular flexibility index (Phi) is 6.88. The first-order valence-corrected chi connectivity index (χ1v) is 10.9. The number of thioether (sulfide) groups is 1. The minimum absolute atomic E-state index is 0.174. The van der Waals surface area contributed by atoms with Gasteiger partial charge in [0.2, 0.25) is 5.91 Å². The molecule has 0 aliphatic rings. The molecule has 0 unspecified atom stereocenters. The molecule has 0 bridgehead atoms. The maximum atomic E-state index is 12.2. The number of allylic oxidation sites excluding steroid dienone is 1. The first-order chi connectivity index (χ1) is 13.5. The molecule has 0 spiro atoms. The fraction of sp³-hybridized carbons (Fsp3) is 0.263. The predicted molar refractivity (Wildman–Crippen MR) is 116 cm³/mol. The van der Waals surface area contributed by atoms with Crippen LogP contribution in [0.5, 0.6) is 0 Å². The number of rotatable bonds is 8. The zero-order chi connectivity index (χ0) is 20.1. The van der Waals surface area contributed by atoms with Crippen molar-refractivity contribution in [3.63, 3.8) is 0 Å². The van der Waals surface area contributed by atoms with Crippen LogP contribution in [-0.4, -0.2) is 31.4 Å². The van der Waals surface area contributed by atoms with E-state index in [1.165, 1.54) is 22.8 Å². The third-order valence-electron chi connectivity index (χ3n) is 3.80. The summed E-state index contributed by atoms with van der Waals surface area (Å²) in [6.45, 7) is 8.72. The smallest absolute Gasteiger partial charge is 0.236 e. The van der Waals surface area contributed by atoms with E-state index >= 15 is 0 Å². The van der Waals surface area contributed by atoms with E-state index in [4.69, 9.17) is 11.6 Å². The molecule has 3 aromatic rings. The fourth-order valence-electron chi connectivity index (χ4n) is 2.43. The average molecular weight is 434 g/mol. The summed E-state index contributed by atoms with van der Waals surface area (Å²) in [5.74, 6) is 1.73. The van der Waals surface area contributed by atoms with Gasteiger partial charge in [0.1, 0.15) is 5.82 Å². The minimum Gasteiger partial charge on any atom is -0.310 e. The maximum absolute atomic E-state index is 12.2. The molecule has 0 aliphatic heterocycles. The van der Waals surface area contributed by atoms with E-state index in [1.54, 1.807) is 29.5 Å². The Morgan fingerprint density at radius 1 is 1.43 bits per heavy atom. The second kappa shape index (κ2) is 9.36. The van der Waals surface area contributed by atoms with Crippen molar-refractivity contribution in [2.75, 3.05) is 11.1 Å². The van der Waals surface area contributed by atoms with E-state index in [2.05, 4.69) is 52.4 Å². The first-order valence-electron chi connectivity index (χ1n) is 8.65. The summed E-state index contributed by atoms with van der Waals surface area (Å²) >= 11 is 8.84. The van der Waals surface area contributed by atoms with Crippen LogP contribution in [0.15, 0.2) is 47.6 Å². The van der Waals surface area contributed by atoms with Crippen LogP contribution >= 0.6 is 34.7 Å². The number of nitrogens with zero attached hydrogens (tertiary/aromatic N) is 4. The van der Waals surface area contributed by atoms with Crippen molar-refractivity contribution >= 4 is 46.4 Å². The molecule has 9 heteroatoms. The molecule has 1 N–H and O–H groups in total. The molecular formula is C19H20ClN5OS2. The molecule has 3 aromatic heterocycles.